The monoisotopic (exact) mass is 500 g/mol. The molecule has 0 aliphatic heterocycles. The summed E-state index contributed by atoms with van der Waals surface area (Å²) >= 11 is 1.31. The van der Waals surface area contributed by atoms with Gasteiger partial charge in [0.1, 0.15) is 11.6 Å². The summed E-state index contributed by atoms with van der Waals surface area (Å²) in [6.07, 6.45) is 0.127. The number of aromatic nitrogens is 2. The highest BCUT2D eigenvalue weighted by Crippen LogP contribution is 2.26. The SMILES string of the molecule is CC(c1ccccc1)N(CCC(=O)Nc1nnc(-c2ccccc2)s1)C(=O)COCc1ccccc1. The number of ether oxygens (including phenoxy) is 1. The Morgan fingerprint density at radius 1 is 0.917 bits per heavy atom. The van der Waals surface area contributed by atoms with Gasteiger partial charge < -0.3 is 15.0 Å². The van der Waals surface area contributed by atoms with Gasteiger partial charge in [-0.05, 0) is 18.1 Å². The second-order valence-corrected chi connectivity index (χ2v) is 9.21. The molecule has 2 amide bonds. The van der Waals surface area contributed by atoms with E-state index in [1.165, 1.54) is 11.3 Å². The Bertz CT molecular complexity index is 1250. The third-order valence-corrected chi connectivity index (χ3v) is 6.57. The number of carbonyl (C=O) groups is 2. The topological polar surface area (TPSA) is 84.4 Å². The van der Waals surface area contributed by atoms with Crippen LogP contribution in [0.15, 0.2) is 91.0 Å². The molecule has 0 spiro atoms. The quantitative estimate of drug-likeness (QED) is 0.301. The van der Waals surface area contributed by atoms with E-state index in [4.69, 9.17) is 4.74 Å². The van der Waals surface area contributed by atoms with Crippen molar-refractivity contribution < 1.29 is 14.3 Å². The molecule has 4 aromatic rings. The molecule has 4 rings (SSSR count). The lowest BCUT2D eigenvalue weighted by Gasteiger charge is -2.29. The number of nitrogens with one attached hydrogen (secondary N) is 1. The molecule has 0 aliphatic carbocycles. The van der Waals surface area contributed by atoms with Crippen molar-refractivity contribution in [1.82, 2.24) is 15.1 Å². The van der Waals surface area contributed by atoms with Crippen molar-refractivity contribution in [3.05, 3.63) is 102 Å². The highest BCUT2D eigenvalue weighted by molar-refractivity contribution is 7.18. The van der Waals surface area contributed by atoms with Crippen LogP contribution in [0.5, 0.6) is 0 Å². The number of amides is 2. The molecule has 8 heteroatoms. The standard InChI is InChI=1S/C28H28N4O3S/c1-21(23-13-7-3-8-14-23)32(26(34)20-35-19-22-11-5-2-6-12-22)18-17-25(33)29-28-31-30-27(36-28)24-15-9-4-10-16-24/h2-16,21H,17-20H2,1H3,(H,29,31,33). The van der Waals surface area contributed by atoms with Crippen molar-refractivity contribution in [3.8, 4) is 10.6 Å². The second kappa shape index (κ2) is 12.7. The van der Waals surface area contributed by atoms with Crippen LogP contribution in [-0.2, 0) is 20.9 Å². The normalized spacial score (nSPS) is 11.6. The predicted molar refractivity (Wildman–Crippen MR) is 141 cm³/mol. The molecule has 0 saturated heterocycles. The summed E-state index contributed by atoms with van der Waals surface area (Å²) in [4.78, 5) is 27.5. The van der Waals surface area contributed by atoms with Gasteiger partial charge in [0.05, 0.1) is 12.6 Å². The van der Waals surface area contributed by atoms with Crippen molar-refractivity contribution in [3.63, 3.8) is 0 Å². The van der Waals surface area contributed by atoms with E-state index >= 15 is 0 Å². The van der Waals surface area contributed by atoms with Gasteiger partial charge in [-0.1, -0.05) is 102 Å². The average molecular weight is 501 g/mol. The minimum Gasteiger partial charge on any atom is -0.367 e. The maximum absolute atomic E-state index is 13.1. The van der Waals surface area contributed by atoms with Crippen LogP contribution in [0.1, 0.15) is 30.5 Å². The van der Waals surface area contributed by atoms with Crippen molar-refractivity contribution in [1.29, 1.82) is 0 Å². The minimum atomic E-state index is -0.228. The van der Waals surface area contributed by atoms with Gasteiger partial charge >= 0.3 is 0 Å². The zero-order chi connectivity index (χ0) is 25.2. The van der Waals surface area contributed by atoms with E-state index < -0.39 is 0 Å². The first-order valence-electron chi connectivity index (χ1n) is 11.7. The zero-order valence-electron chi connectivity index (χ0n) is 20.0. The van der Waals surface area contributed by atoms with Gasteiger partial charge in [-0.15, -0.1) is 10.2 Å². The molecular weight excluding hydrogens is 472 g/mol. The molecule has 1 aromatic heterocycles. The molecule has 0 saturated carbocycles. The number of benzene rings is 3. The van der Waals surface area contributed by atoms with Crippen LogP contribution in [0, 0.1) is 0 Å². The number of anilines is 1. The Morgan fingerprint density at radius 2 is 1.56 bits per heavy atom. The van der Waals surface area contributed by atoms with Crippen LogP contribution in [0.25, 0.3) is 10.6 Å². The summed E-state index contributed by atoms with van der Waals surface area (Å²) in [6.45, 7) is 2.49. The molecule has 1 unspecified atom stereocenters. The Balaban J connectivity index is 1.36. The summed E-state index contributed by atoms with van der Waals surface area (Å²) in [5.74, 6) is -0.397. The lowest BCUT2D eigenvalue weighted by Crippen LogP contribution is -2.38. The molecule has 3 aromatic carbocycles. The molecule has 0 aliphatic rings. The summed E-state index contributed by atoms with van der Waals surface area (Å²) in [5.41, 5.74) is 2.93. The average Bonchev–Trinajstić information content (AvgIpc) is 3.38. The molecule has 0 fully saturated rings. The number of nitrogens with zero attached hydrogens (tertiary/aromatic N) is 3. The number of hydrogen-bond acceptors (Lipinski definition) is 6. The van der Waals surface area contributed by atoms with Crippen LogP contribution in [0.2, 0.25) is 0 Å². The molecule has 184 valence electrons. The Hall–Kier alpha value is -3.88. The van der Waals surface area contributed by atoms with Crippen molar-refractivity contribution >= 4 is 28.3 Å². The summed E-state index contributed by atoms with van der Waals surface area (Å²) in [7, 11) is 0. The maximum Gasteiger partial charge on any atom is 0.249 e. The van der Waals surface area contributed by atoms with Gasteiger partial charge in [-0.25, -0.2) is 0 Å². The number of rotatable bonds is 11. The molecule has 0 radical (unpaired) electrons. The lowest BCUT2D eigenvalue weighted by atomic mass is 10.1. The van der Waals surface area contributed by atoms with E-state index in [0.29, 0.717) is 11.7 Å². The number of hydrogen-bond donors (Lipinski definition) is 1. The summed E-state index contributed by atoms with van der Waals surface area (Å²) < 4.78 is 5.69. The fraction of sp³-hybridized carbons (Fsp3) is 0.214. The molecule has 0 bridgehead atoms. The fourth-order valence-corrected chi connectivity index (χ4v) is 4.50. The van der Waals surface area contributed by atoms with Gasteiger partial charge in [-0.2, -0.15) is 0 Å². The Morgan fingerprint density at radius 3 is 2.25 bits per heavy atom. The van der Waals surface area contributed by atoms with Crippen molar-refractivity contribution in [2.75, 3.05) is 18.5 Å². The Labute approximate surface area is 214 Å². The molecule has 36 heavy (non-hydrogen) atoms. The van der Waals surface area contributed by atoms with E-state index in [-0.39, 0.29) is 37.4 Å². The van der Waals surface area contributed by atoms with E-state index in [9.17, 15) is 9.59 Å². The minimum absolute atomic E-state index is 0.0650. The van der Waals surface area contributed by atoms with Crippen molar-refractivity contribution in [2.45, 2.75) is 26.0 Å². The van der Waals surface area contributed by atoms with Gasteiger partial charge in [0, 0.05) is 18.5 Å². The van der Waals surface area contributed by atoms with E-state index in [2.05, 4.69) is 15.5 Å². The first kappa shape index (κ1) is 25.2. The van der Waals surface area contributed by atoms with E-state index in [0.717, 1.165) is 21.7 Å². The third kappa shape index (κ3) is 7.07. The number of carbonyl (C=O) groups excluding carboxylic acids is 2. The molecule has 1 N–H and O–H groups in total. The molecule has 7 nitrogen and oxygen atoms in total. The lowest BCUT2D eigenvalue weighted by molar-refractivity contribution is -0.139. The maximum atomic E-state index is 13.1. The second-order valence-electron chi connectivity index (χ2n) is 8.23. The Kier molecular flexibility index (Phi) is 8.91. The van der Waals surface area contributed by atoms with Gasteiger partial charge in [0.25, 0.3) is 0 Å². The summed E-state index contributed by atoms with van der Waals surface area (Å²) in [5, 5.41) is 12.2. The molecule has 1 atom stereocenters. The van der Waals surface area contributed by atoms with Crippen LogP contribution in [0.3, 0.4) is 0 Å². The van der Waals surface area contributed by atoms with E-state index in [1.807, 2.05) is 97.9 Å². The van der Waals surface area contributed by atoms with E-state index in [1.54, 1.807) is 4.90 Å². The van der Waals surface area contributed by atoms with Crippen LogP contribution in [0.4, 0.5) is 5.13 Å². The van der Waals surface area contributed by atoms with Crippen molar-refractivity contribution in [2.24, 2.45) is 0 Å². The summed E-state index contributed by atoms with van der Waals surface area (Å²) in [6, 6.07) is 28.9. The predicted octanol–water partition coefficient (Wildman–Crippen LogP) is 5.34. The third-order valence-electron chi connectivity index (χ3n) is 5.68. The fourth-order valence-electron chi connectivity index (χ4n) is 3.73. The van der Waals surface area contributed by atoms with Gasteiger partial charge in [0.2, 0.25) is 16.9 Å². The first-order chi connectivity index (χ1) is 17.6. The largest absolute Gasteiger partial charge is 0.367 e. The van der Waals surface area contributed by atoms with Crippen LogP contribution < -0.4 is 5.32 Å². The molecular formula is C28H28N4O3S. The van der Waals surface area contributed by atoms with Gasteiger partial charge in [0.15, 0.2) is 0 Å². The zero-order valence-corrected chi connectivity index (χ0v) is 20.9. The molecule has 1 heterocycles. The van der Waals surface area contributed by atoms with Gasteiger partial charge in [-0.3, -0.25) is 9.59 Å². The highest BCUT2D eigenvalue weighted by Gasteiger charge is 2.23. The van der Waals surface area contributed by atoms with Crippen LogP contribution in [-0.4, -0.2) is 40.1 Å². The smallest absolute Gasteiger partial charge is 0.249 e. The highest BCUT2D eigenvalue weighted by atomic mass is 32.1. The van der Waals surface area contributed by atoms with Crippen LogP contribution >= 0.6 is 11.3 Å². The first-order valence-corrected chi connectivity index (χ1v) is 12.6.